The molecule has 264 valence electrons. The van der Waals surface area contributed by atoms with Gasteiger partial charge in [0, 0.05) is 97.5 Å². The van der Waals surface area contributed by atoms with E-state index >= 15 is 0 Å². The molecule has 4 aromatic heterocycles. The van der Waals surface area contributed by atoms with Gasteiger partial charge in [0.15, 0.2) is 0 Å². The lowest BCUT2D eigenvalue weighted by Crippen LogP contribution is -2.59. The van der Waals surface area contributed by atoms with Crippen molar-refractivity contribution in [3.63, 3.8) is 0 Å². The molecule has 5 aromatic rings. The maximum Gasteiger partial charge on any atom is 0.244 e. The molecule has 0 spiro atoms. The van der Waals surface area contributed by atoms with Crippen molar-refractivity contribution < 1.29 is 9.47 Å². The lowest BCUT2D eigenvalue weighted by Gasteiger charge is -2.47. The van der Waals surface area contributed by atoms with Crippen LogP contribution in [0, 0.1) is 0 Å². The minimum absolute atomic E-state index is 0.135. The molecular formula is C39H46N10O2. The van der Waals surface area contributed by atoms with E-state index in [-0.39, 0.29) is 12.1 Å². The quantitative estimate of drug-likeness (QED) is 0.150. The van der Waals surface area contributed by atoms with Crippen LogP contribution >= 0.6 is 0 Å². The lowest BCUT2D eigenvalue weighted by atomic mass is 10.0. The summed E-state index contributed by atoms with van der Waals surface area (Å²) < 4.78 is 11.7. The number of ether oxygens (including phenoxy) is 2. The van der Waals surface area contributed by atoms with Crippen LogP contribution in [0.3, 0.4) is 0 Å². The topological polar surface area (TPSA) is 118 Å². The van der Waals surface area contributed by atoms with E-state index in [2.05, 4.69) is 42.3 Å². The highest BCUT2D eigenvalue weighted by Crippen LogP contribution is 2.32. The molecular weight excluding hydrogens is 640 g/mol. The largest absolute Gasteiger partial charge is 0.494 e. The molecule has 12 nitrogen and oxygen atoms in total. The second-order valence-electron chi connectivity index (χ2n) is 12.9. The smallest absolute Gasteiger partial charge is 0.244 e. The maximum absolute atomic E-state index is 5.87. The second kappa shape index (κ2) is 16.7. The van der Waals surface area contributed by atoms with Crippen molar-refractivity contribution in [2.75, 3.05) is 49.4 Å². The number of nitrogens with zero attached hydrogens (tertiary/aromatic N) is 9. The molecule has 1 N–H and O–H groups in total. The zero-order chi connectivity index (χ0) is 34.8. The van der Waals surface area contributed by atoms with E-state index in [4.69, 9.17) is 29.4 Å². The van der Waals surface area contributed by atoms with Gasteiger partial charge in [0.1, 0.15) is 11.5 Å². The number of piperidine rings is 2. The number of aromatic nitrogens is 6. The molecule has 0 saturated carbocycles. The summed E-state index contributed by atoms with van der Waals surface area (Å²) >= 11 is 0. The normalized spacial score (nSPS) is 15.7. The first-order valence-electron chi connectivity index (χ1n) is 18.0. The third-order valence-corrected chi connectivity index (χ3v) is 9.43. The molecule has 2 fully saturated rings. The molecule has 0 amide bonds. The number of nitrogens with one attached hydrogen (secondary N) is 1. The standard InChI is InChI=1S/C39H46N10O2/c1-3-50-36-19-29(20-37(21-36)51-4-2)28-47-17-11-35(12-18-47)49(39-45-26-33(27-46-39)31-8-6-14-42-23-31)48(34-9-15-40-16-10-34)38-43-24-32(25-44-38)30-7-5-13-41-22-30/h5-8,13-14,19-27,34-35,40H,3-4,9-12,15-18,28H2,1-2H3. The van der Waals surface area contributed by atoms with E-state index < -0.39 is 0 Å². The van der Waals surface area contributed by atoms with Gasteiger partial charge in [-0.05, 0) is 82.4 Å². The van der Waals surface area contributed by atoms with Gasteiger partial charge in [0.05, 0.1) is 25.3 Å². The zero-order valence-corrected chi connectivity index (χ0v) is 29.4. The van der Waals surface area contributed by atoms with Crippen LogP contribution in [0.2, 0.25) is 0 Å². The van der Waals surface area contributed by atoms with Crippen molar-refractivity contribution in [1.82, 2.24) is 40.1 Å². The van der Waals surface area contributed by atoms with E-state index in [1.807, 2.05) is 81.4 Å². The fraction of sp³-hybridized carbons (Fsp3) is 0.385. The summed E-state index contributed by atoms with van der Waals surface area (Å²) in [4.78, 5) is 31.1. The van der Waals surface area contributed by atoms with E-state index in [9.17, 15) is 0 Å². The van der Waals surface area contributed by atoms with Gasteiger partial charge >= 0.3 is 0 Å². The molecule has 0 aliphatic carbocycles. The number of hydrogen-bond acceptors (Lipinski definition) is 12. The summed E-state index contributed by atoms with van der Waals surface area (Å²) in [5.74, 6) is 2.98. The van der Waals surface area contributed by atoms with Crippen LogP contribution in [0.5, 0.6) is 11.5 Å². The third kappa shape index (κ3) is 8.41. The predicted molar refractivity (Wildman–Crippen MR) is 198 cm³/mol. The highest BCUT2D eigenvalue weighted by atomic mass is 16.5. The van der Waals surface area contributed by atoms with Gasteiger partial charge in [-0.3, -0.25) is 14.9 Å². The molecule has 12 heteroatoms. The van der Waals surface area contributed by atoms with Gasteiger partial charge in [-0.1, -0.05) is 12.1 Å². The van der Waals surface area contributed by atoms with Gasteiger partial charge in [-0.15, -0.1) is 0 Å². The van der Waals surface area contributed by atoms with E-state index in [0.717, 1.165) is 92.2 Å². The molecule has 0 atom stereocenters. The fourth-order valence-electron chi connectivity index (χ4n) is 6.97. The summed E-state index contributed by atoms with van der Waals surface area (Å²) in [6, 6.07) is 14.5. The Bertz CT molecular complexity index is 1770. The Morgan fingerprint density at radius 1 is 0.647 bits per heavy atom. The highest BCUT2D eigenvalue weighted by Gasteiger charge is 2.36. The molecule has 0 unspecified atom stereocenters. The molecule has 1 aromatic carbocycles. The van der Waals surface area contributed by atoms with E-state index in [1.54, 1.807) is 12.4 Å². The molecule has 0 radical (unpaired) electrons. The summed E-state index contributed by atoms with van der Waals surface area (Å²) in [7, 11) is 0. The first-order chi connectivity index (χ1) is 25.2. The Labute approximate surface area is 299 Å². The Hall–Kier alpha value is -5.20. The van der Waals surface area contributed by atoms with E-state index in [1.165, 1.54) is 5.56 Å². The summed E-state index contributed by atoms with van der Waals surface area (Å²) in [6.45, 7) is 9.74. The number of benzene rings is 1. The minimum Gasteiger partial charge on any atom is -0.494 e. The molecule has 51 heavy (non-hydrogen) atoms. The summed E-state index contributed by atoms with van der Waals surface area (Å²) in [6.07, 6.45) is 18.6. The molecule has 2 aliphatic rings. The van der Waals surface area contributed by atoms with Crippen molar-refractivity contribution in [2.24, 2.45) is 0 Å². The first-order valence-corrected chi connectivity index (χ1v) is 18.0. The average molecular weight is 687 g/mol. The van der Waals surface area contributed by atoms with Crippen LogP contribution in [0.25, 0.3) is 22.3 Å². The monoisotopic (exact) mass is 686 g/mol. The number of anilines is 2. The molecule has 6 heterocycles. The van der Waals surface area contributed by atoms with Crippen LogP contribution in [0.4, 0.5) is 11.9 Å². The lowest BCUT2D eigenvalue weighted by molar-refractivity contribution is 0.196. The van der Waals surface area contributed by atoms with Crippen molar-refractivity contribution in [3.8, 4) is 33.8 Å². The number of pyridine rings is 2. The van der Waals surface area contributed by atoms with Crippen LogP contribution < -0.4 is 24.8 Å². The fourth-order valence-corrected chi connectivity index (χ4v) is 6.97. The predicted octanol–water partition coefficient (Wildman–Crippen LogP) is 5.83. The first kappa shape index (κ1) is 34.3. The third-order valence-electron chi connectivity index (χ3n) is 9.43. The zero-order valence-electron chi connectivity index (χ0n) is 29.4. The van der Waals surface area contributed by atoms with Crippen molar-refractivity contribution in [2.45, 2.75) is 58.2 Å². The molecule has 0 bridgehead atoms. The van der Waals surface area contributed by atoms with Gasteiger partial charge in [0.25, 0.3) is 0 Å². The SMILES string of the molecule is CCOc1cc(CN2CCC(N(c3ncc(-c4cccnc4)cn3)N(c3ncc(-c4cccnc4)cn3)C3CCNCC3)CC2)cc(OCC)c1. The highest BCUT2D eigenvalue weighted by molar-refractivity contribution is 5.62. The molecule has 2 saturated heterocycles. The van der Waals surface area contributed by atoms with Crippen molar-refractivity contribution in [1.29, 1.82) is 0 Å². The Balaban J connectivity index is 1.19. The van der Waals surface area contributed by atoms with Crippen LogP contribution in [0.15, 0.2) is 92.0 Å². The number of likely N-dealkylation sites (tertiary alicyclic amines) is 1. The Kier molecular flexibility index (Phi) is 11.2. The van der Waals surface area contributed by atoms with Crippen molar-refractivity contribution >= 4 is 11.9 Å². The number of hydrogen-bond donors (Lipinski definition) is 1. The van der Waals surface area contributed by atoms with Gasteiger partial charge in [-0.2, -0.15) is 0 Å². The van der Waals surface area contributed by atoms with Crippen LogP contribution in [-0.4, -0.2) is 86.3 Å². The second-order valence-corrected chi connectivity index (χ2v) is 12.9. The van der Waals surface area contributed by atoms with E-state index in [0.29, 0.717) is 25.1 Å². The van der Waals surface area contributed by atoms with Crippen molar-refractivity contribution in [3.05, 3.63) is 97.6 Å². The maximum atomic E-state index is 5.87. The van der Waals surface area contributed by atoms with Gasteiger partial charge in [-0.25, -0.2) is 30.0 Å². The number of hydrazine groups is 1. The summed E-state index contributed by atoms with van der Waals surface area (Å²) in [5, 5.41) is 8.11. The van der Waals surface area contributed by atoms with Gasteiger partial charge in [0.2, 0.25) is 11.9 Å². The number of rotatable bonds is 13. The Morgan fingerprint density at radius 2 is 1.14 bits per heavy atom. The molecule has 2 aliphatic heterocycles. The minimum atomic E-state index is 0.135. The Morgan fingerprint density at radius 3 is 1.59 bits per heavy atom. The van der Waals surface area contributed by atoms with Gasteiger partial charge < -0.3 is 14.8 Å². The van der Waals surface area contributed by atoms with Crippen LogP contribution in [0.1, 0.15) is 45.1 Å². The average Bonchev–Trinajstić information content (AvgIpc) is 3.19. The summed E-state index contributed by atoms with van der Waals surface area (Å²) in [5.41, 5.74) is 5.00. The molecule has 7 rings (SSSR count). The van der Waals surface area contributed by atoms with Crippen LogP contribution in [-0.2, 0) is 6.54 Å².